The molecule has 0 unspecified atom stereocenters. The zero-order chi connectivity index (χ0) is 12.4. The van der Waals surface area contributed by atoms with Crippen LogP contribution in [0.15, 0.2) is 6.33 Å². The van der Waals surface area contributed by atoms with Gasteiger partial charge in [-0.1, -0.05) is 0 Å². The molecule has 1 saturated heterocycles. The third-order valence-corrected chi connectivity index (χ3v) is 3.14. The van der Waals surface area contributed by atoms with Crippen molar-refractivity contribution in [2.24, 2.45) is 13.0 Å². The maximum atomic E-state index is 10.9. The molecule has 0 amide bonds. The normalized spacial score (nSPS) is 20.6. The van der Waals surface area contributed by atoms with Crippen LogP contribution >= 0.6 is 0 Å². The highest BCUT2D eigenvalue weighted by molar-refractivity contribution is 5.54. The van der Waals surface area contributed by atoms with Crippen molar-refractivity contribution in [1.29, 1.82) is 0 Å². The number of piperidine rings is 1. The van der Waals surface area contributed by atoms with Crippen molar-refractivity contribution < 1.29 is 10.0 Å². The fraction of sp³-hybridized carbons (Fsp3) is 0.700. The fourth-order valence-corrected chi connectivity index (χ4v) is 2.31. The first-order valence-corrected chi connectivity index (χ1v) is 5.65. The van der Waals surface area contributed by atoms with Gasteiger partial charge in [-0.2, -0.15) is 0 Å². The molecule has 1 aliphatic rings. The summed E-state index contributed by atoms with van der Waals surface area (Å²) in [7, 11) is 1.75. The van der Waals surface area contributed by atoms with Gasteiger partial charge in [0.1, 0.15) is 0 Å². The molecule has 2 rings (SSSR count). The Morgan fingerprint density at radius 1 is 1.71 bits per heavy atom. The summed E-state index contributed by atoms with van der Waals surface area (Å²) >= 11 is 0. The predicted molar refractivity (Wildman–Crippen MR) is 61.9 cm³/mol. The Bertz CT molecular complexity index is 418. The summed E-state index contributed by atoms with van der Waals surface area (Å²) in [4.78, 5) is 16.2. The Balaban J connectivity index is 2.26. The van der Waals surface area contributed by atoms with Gasteiger partial charge in [-0.15, -0.1) is 0 Å². The highest BCUT2D eigenvalue weighted by Crippen LogP contribution is 2.29. The Kier molecular flexibility index (Phi) is 3.28. The number of nitro groups is 1. The number of hydrogen-bond donors (Lipinski definition) is 1. The second-order valence-corrected chi connectivity index (χ2v) is 4.40. The standard InChI is InChI=1S/C10H16N4O3/c1-12-7-11-9(14(16)17)10(12)13-4-2-3-8(5-13)6-15/h7-8,15H,2-6H2,1H3/t8-/m1/s1. The molecule has 0 radical (unpaired) electrons. The van der Waals surface area contributed by atoms with E-state index in [4.69, 9.17) is 0 Å². The Morgan fingerprint density at radius 2 is 2.47 bits per heavy atom. The Labute approximate surface area is 98.8 Å². The van der Waals surface area contributed by atoms with Gasteiger partial charge in [-0.3, -0.25) is 4.57 Å². The molecule has 1 aromatic heterocycles. The Hall–Kier alpha value is -1.63. The van der Waals surface area contributed by atoms with E-state index in [1.807, 2.05) is 4.90 Å². The maximum Gasteiger partial charge on any atom is 0.406 e. The SMILES string of the molecule is Cn1cnc([N+](=O)[O-])c1N1CCC[C@@H](CO)C1. The van der Waals surface area contributed by atoms with Crippen molar-refractivity contribution >= 4 is 11.6 Å². The summed E-state index contributed by atoms with van der Waals surface area (Å²) in [6.45, 7) is 1.55. The molecule has 17 heavy (non-hydrogen) atoms. The number of nitrogens with zero attached hydrogens (tertiary/aromatic N) is 4. The number of imidazole rings is 1. The smallest absolute Gasteiger partial charge is 0.396 e. The Morgan fingerprint density at radius 3 is 3.12 bits per heavy atom. The summed E-state index contributed by atoms with van der Waals surface area (Å²) < 4.78 is 1.66. The first-order valence-electron chi connectivity index (χ1n) is 5.65. The van der Waals surface area contributed by atoms with E-state index in [-0.39, 0.29) is 18.3 Å². The minimum atomic E-state index is -0.460. The van der Waals surface area contributed by atoms with Gasteiger partial charge in [-0.25, -0.2) is 0 Å². The van der Waals surface area contributed by atoms with Gasteiger partial charge in [0.05, 0.1) is 0 Å². The monoisotopic (exact) mass is 240 g/mol. The molecule has 2 heterocycles. The van der Waals surface area contributed by atoms with Gasteiger partial charge >= 0.3 is 5.82 Å². The molecule has 0 spiro atoms. The van der Waals surface area contributed by atoms with Crippen LogP contribution in [0.1, 0.15) is 12.8 Å². The summed E-state index contributed by atoms with van der Waals surface area (Å²) in [5, 5.41) is 20.1. The molecule has 0 saturated carbocycles. The van der Waals surface area contributed by atoms with E-state index < -0.39 is 4.92 Å². The van der Waals surface area contributed by atoms with Gasteiger partial charge in [-0.05, 0) is 28.7 Å². The summed E-state index contributed by atoms with van der Waals surface area (Å²) in [5.41, 5.74) is 0. The van der Waals surface area contributed by atoms with Crippen LogP contribution in [0.5, 0.6) is 0 Å². The highest BCUT2D eigenvalue weighted by Gasteiger charge is 2.29. The highest BCUT2D eigenvalue weighted by atomic mass is 16.6. The quantitative estimate of drug-likeness (QED) is 0.615. The van der Waals surface area contributed by atoms with Crippen LogP contribution in [0.25, 0.3) is 0 Å². The van der Waals surface area contributed by atoms with Crippen molar-refractivity contribution in [3.8, 4) is 0 Å². The minimum Gasteiger partial charge on any atom is -0.396 e. The zero-order valence-corrected chi connectivity index (χ0v) is 9.74. The lowest BCUT2D eigenvalue weighted by atomic mass is 9.99. The first-order chi connectivity index (χ1) is 8.13. The summed E-state index contributed by atoms with van der Waals surface area (Å²) in [6.07, 6.45) is 3.36. The van der Waals surface area contributed by atoms with Gasteiger partial charge < -0.3 is 20.1 Å². The maximum absolute atomic E-state index is 10.9. The lowest BCUT2D eigenvalue weighted by molar-refractivity contribution is -0.388. The second-order valence-electron chi connectivity index (χ2n) is 4.40. The number of aryl methyl sites for hydroxylation is 1. The number of anilines is 1. The molecule has 0 aromatic carbocycles. The molecule has 1 aliphatic heterocycles. The number of rotatable bonds is 3. The molecule has 1 aromatic rings. The molecule has 94 valence electrons. The molecular formula is C10H16N4O3. The van der Waals surface area contributed by atoms with E-state index in [0.717, 1.165) is 19.4 Å². The third kappa shape index (κ3) is 2.23. The fourth-order valence-electron chi connectivity index (χ4n) is 2.31. The van der Waals surface area contributed by atoms with Crippen molar-refractivity contribution in [2.45, 2.75) is 12.8 Å². The van der Waals surface area contributed by atoms with Crippen molar-refractivity contribution in [2.75, 3.05) is 24.6 Å². The molecule has 0 aliphatic carbocycles. The van der Waals surface area contributed by atoms with Gasteiger partial charge in [0.25, 0.3) is 0 Å². The van der Waals surface area contributed by atoms with Crippen LogP contribution in [-0.2, 0) is 7.05 Å². The van der Waals surface area contributed by atoms with Gasteiger partial charge in [0.2, 0.25) is 12.1 Å². The van der Waals surface area contributed by atoms with Crippen LogP contribution < -0.4 is 4.90 Å². The number of aliphatic hydroxyl groups is 1. The molecule has 1 atom stereocenters. The molecule has 7 nitrogen and oxygen atoms in total. The molecule has 0 bridgehead atoms. The van der Waals surface area contributed by atoms with E-state index in [1.54, 1.807) is 11.6 Å². The van der Waals surface area contributed by atoms with Gasteiger partial charge in [0, 0.05) is 26.7 Å². The number of aromatic nitrogens is 2. The topological polar surface area (TPSA) is 84.4 Å². The summed E-state index contributed by atoms with van der Waals surface area (Å²) in [6, 6.07) is 0. The van der Waals surface area contributed by atoms with Crippen LogP contribution in [0.2, 0.25) is 0 Å². The zero-order valence-electron chi connectivity index (χ0n) is 9.74. The molecular weight excluding hydrogens is 224 g/mol. The second kappa shape index (κ2) is 4.70. The van der Waals surface area contributed by atoms with E-state index in [0.29, 0.717) is 12.4 Å². The predicted octanol–water partition coefficient (Wildman–Crippen LogP) is 0.537. The number of hydrogen-bond acceptors (Lipinski definition) is 5. The van der Waals surface area contributed by atoms with Crippen molar-refractivity contribution in [1.82, 2.24) is 9.55 Å². The average molecular weight is 240 g/mol. The lowest BCUT2D eigenvalue weighted by Gasteiger charge is -2.32. The molecule has 7 heteroatoms. The molecule has 1 fully saturated rings. The van der Waals surface area contributed by atoms with E-state index in [9.17, 15) is 15.2 Å². The van der Waals surface area contributed by atoms with Crippen LogP contribution in [0, 0.1) is 16.0 Å². The van der Waals surface area contributed by atoms with Crippen LogP contribution in [0.4, 0.5) is 11.6 Å². The van der Waals surface area contributed by atoms with E-state index in [2.05, 4.69) is 4.98 Å². The van der Waals surface area contributed by atoms with E-state index >= 15 is 0 Å². The third-order valence-electron chi connectivity index (χ3n) is 3.14. The molecule has 1 N–H and O–H groups in total. The average Bonchev–Trinajstić information content (AvgIpc) is 2.71. The summed E-state index contributed by atoms with van der Waals surface area (Å²) in [5.74, 6) is 0.623. The minimum absolute atomic E-state index is 0.105. The van der Waals surface area contributed by atoms with E-state index in [1.165, 1.54) is 6.33 Å². The van der Waals surface area contributed by atoms with Crippen LogP contribution in [-0.4, -0.2) is 39.3 Å². The van der Waals surface area contributed by atoms with Crippen molar-refractivity contribution in [3.05, 3.63) is 16.4 Å². The lowest BCUT2D eigenvalue weighted by Crippen LogP contribution is -2.38. The first kappa shape index (κ1) is 11.8. The number of aliphatic hydroxyl groups excluding tert-OH is 1. The van der Waals surface area contributed by atoms with Crippen molar-refractivity contribution in [3.63, 3.8) is 0 Å². The van der Waals surface area contributed by atoms with Gasteiger partial charge in [0.15, 0.2) is 0 Å². The van der Waals surface area contributed by atoms with Crippen LogP contribution in [0.3, 0.4) is 0 Å². The largest absolute Gasteiger partial charge is 0.406 e.